The first-order valence-electron chi connectivity index (χ1n) is 9.50. The van der Waals surface area contributed by atoms with Gasteiger partial charge in [-0.1, -0.05) is 43.7 Å². The van der Waals surface area contributed by atoms with Gasteiger partial charge in [0.2, 0.25) is 0 Å². The minimum absolute atomic E-state index is 0.0610. The van der Waals surface area contributed by atoms with Crippen molar-refractivity contribution >= 4 is 11.6 Å². The largest absolute Gasteiger partial charge is 0.344 e. The molecule has 1 aliphatic heterocycles. The van der Waals surface area contributed by atoms with Gasteiger partial charge < -0.3 is 5.32 Å². The van der Waals surface area contributed by atoms with Gasteiger partial charge in [-0.15, -0.1) is 0 Å². The van der Waals surface area contributed by atoms with E-state index in [4.69, 9.17) is 0 Å². The molecular formula is C22H25N3O3. The molecule has 0 spiro atoms. The molecule has 0 saturated carbocycles. The monoisotopic (exact) mass is 379 g/mol. The van der Waals surface area contributed by atoms with Crippen LogP contribution in [0.3, 0.4) is 0 Å². The molecule has 0 fully saturated rings. The van der Waals surface area contributed by atoms with Crippen molar-refractivity contribution in [3.63, 3.8) is 0 Å². The predicted molar refractivity (Wildman–Crippen MR) is 109 cm³/mol. The van der Waals surface area contributed by atoms with E-state index >= 15 is 0 Å². The highest BCUT2D eigenvalue weighted by molar-refractivity contribution is 6.01. The maximum atomic E-state index is 13.2. The van der Waals surface area contributed by atoms with Gasteiger partial charge in [-0.2, -0.15) is 0 Å². The van der Waals surface area contributed by atoms with Crippen molar-refractivity contribution in [3.8, 4) is 0 Å². The average Bonchev–Trinajstić information content (AvgIpc) is 2.63. The van der Waals surface area contributed by atoms with Gasteiger partial charge in [-0.05, 0) is 24.3 Å². The minimum atomic E-state index is -0.471. The van der Waals surface area contributed by atoms with Crippen LogP contribution < -0.4 is 16.6 Å². The lowest BCUT2D eigenvalue weighted by Gasteiger charge is -2.39. The van der Waals surface area contributed by atoms with E-state index in [9.17, 15) is 14.4 Å². The van der Waals surface area contributed by atoms with Crippen LogP contribution in [0.4, 0.5) is 5.82 Å². The van der Waals surface area contributed by atoms with Gasteiger partial charge >= 0.3 is 5.69 Å². The van der Waals surface area contributed by atoms with Gasteiger partial charge in [-0.25, -0.2) is 4.79 Å². The summed E-state index contributed by atoms with van der Waals surface area (Å²) in [5.41, 5.74) is 3.02. The molecule has 2 heterocycles. The number of nitrogens with zero attached hydrogens (tertiary/aromatic N) is 2. The molecule has 0 radical (unpaired) electrons. The highest BCUT2D eigenvalue weighted by Gasteiger charge is 2.42. The lowest BCUT2D eigenvalue weighted by atomic mass is 9.69. The fraction of sp³-hybridized carbons (Fsp3) is 0.409. The van der Waals surface area contributed by atoms with Crippen molar-refractivity contribution in [2.24, 2.45) is 19.5 Å². The quantitative estimate of drug-likeness (QED) is 0.827. The van der Waals surface area contributed by atoms with Crippen molar-refractivity contribution in [1.82, 2.24) is 9.13 Å². The fourth-order valence-corrected chi connectivity index (χ4v) is 4.44. The van der Waals surface area contributed by atoms with Gasteiger partial charge in [0, 0.05) is 37.7 Å². The van der Waals surface area contributed by atoms with Crippen LogP contribution in [-0.4, -0.2) is 14.9 Å². The van der Waals surface area contributed by atoms with Crippen LogP contribution in [0.15, 0.2) is 45.1 Å². The summed E-state index contributed by atoms with van der Waals surface area (Å²) in [6.07, 6.45) is 1.14. The van der Waals surface area contributed by atoms with Crippen molar-refractivity contribution in [2.75, 3.05) is 5.32 Å². The fourth-order valence-electron chi connectivity index (χ4n) is 4.44. The predicted octanol–water partition coefficient (Wildman–Crippen LogP) is 2.59. The minimum Gasteiger partial charge on any atom is -0.344 e. The van der Waals surface area contributed by atoms with E-state index < -0.39 is 5.92 Å². The van der Waals surface area contributed by atoms with Gasteiger partial charge in [0.25, 0.3) is 5.56 Å². The SMILES string of the molecule is Cc1ccc([C@H]2C3=C(CC(C)(C)CC3=O)Nc3c2c(=O)n(C)c(=O)n3C)cc1. The molecule has 2 aromatic rings. The van der Waals surface area contributed by atoms with Crippen LogP contribution in [-0.2, 0) is 18.9 Å². The van der Waals surface area contributed by atoms with E-state index in [2.05, 4.69) is 19.2 Å². The molecule has 6 nitrogen and oxygen atoms in total. The Morgan fingerprint density at radius 2 is 1.64 bits per heavy atom. The number of fused-ring (bicyclic) bond motifs is 1. The zero-order valence-corrected chi connectivity index (χ0v) is 16.9. The molecule has 1 atom stereocenters. The lowest BCUT2D eigenvalue weighted by molar-refractivity contribution is -0.118. The molecule has 0 saturated heterocycles. The number of aryl methyl sites for hydroxylation is 1. The number of ketones is 1. The number of benzene rings is 1. The zero-order chi connectivity index (χ0) is 20.4. The molecule has 146 valence electrons. The summed E-state index contributed by atoms with van der Waals surface area (Å²) < 4.78 is 2.58. The van der Waals surface area contributed by atoms with Crippen LogP contribution in [0.1, 0.15) is 49.3 Å². The summed E-state index contributed by atoms with van der Waals surface area (Å²) in [6.45, 7) is 6.13. The molecule has 0 amide bonds. The molecule has 0 unspecified atom stereocenters. The summed E-state index contributed by atoms with van der Waals surface area (Å²) in [4.78, 5) is 38.8. The van der Waals surface area contributed by atoms with Crippen LogP contribution >= 0.6 is 0 Å². The van der Waals surface area contributed by atoms with E-state index in [1.54, 1.807) is 7.05 Å². The first kappa shape index (κ1) is 18.5. The zero-order valence-electron chi connectivity index (χ0n) is 16.9. The number of aromatic nitrogens is 2. The van der Waals surface area contributed by atoms with Crippen LogP contribution in [0.25, 0.3) is 0 Å². The molecule has 1 N–H and O–H groups in total. The molecule has 2 aliphatic rings. The Labute approximate surface area is 163 Å². The molecule has 4 rings (SSSR count). The third-order valence-electron chi connectivity index (χ3n) is 5.88. The van der Waals surface area contributed by atoms with Gasteiger partial charge in [-0.3, -0.25) is 18.7 Å². The average molecular weight is 379 g/mol. The summed E-state index contributed by atoms with van der Waals surface area (Å²) in [5.74, 6) is 0.0785. The Morgan fingerprint density at radius 3 is 2.29 bits per heavy atom. The molecule has 0 bridgehead atoms. The third-order valence-corrected chi connectivity index (χ3v) is 5.88. The molecule has 1 aromatic heterocycles. The Balaban J connectivity index is 2.07. The van der Waals surface area contributed by atoms with Crippen molar-refractivity contribution in [3.05, 3.63) is 73.1 Å². The summed E-state index contributed by atoms with van der Waals surface area (Å²) >= 11 is 0. The van der Waals surface area contributed by atoms with Crippen LogP contribution in [0.5, 0.6) is 0 Å². The number of carbonyl (C=O) groups excluding carboxylic acids is 1. The van der Waals surface area contributed by atoms with Gasteiger partial charge in [0.05, 0.1) is 5.56 Å². The Morgan fingerprint density at radius 1 is 1.00 bits per heavy atom. The van der Waals surface area contributed by atoms with Gasteiger partial charge in [0.15, 0.2) is 5.78 Å². The van der Waals surface area contributed by atoms with E-state index in [1.807, 2.05) is 31.2 Å². The maximum Gasteiger partial charge on any atom is 0.332 e. The molecular weight excluding hydrogens is 354 g/mol. The second kappa shape index (κ2) is 6.06. The molecule has 1 aliphatic carbocycles. The summed E-state index contributed by atoms with van der Waals surface area (Å²) in [7, 11) is 3.13. The number of anilines is 1. The van der Waals surface area contributed by atoms with E-state index in [-0.39, 0.29) is 22.4 Å². The number of nitrogens with one attached hydrogen (secondary N) is 1. The Kier molecular flexibility index (Phi) is 4.00. The molecule has 28 heavy (non-hydrogen) atoms. The summed E-state index contributed by atoms with van der Waals surface area (Å²) in [6, 6.07) is 7.91. The first-order chi connectivity index (χ1) is 13.1. The first-order valence-corrected chi connectivity index (χ1v) is 9.50. The second-order valence-electron chi connectivity index (χ2n) is 8.77. The van der Waals surface area contributed by atoms with Crippen molar-refractivity contribution in [1.29, 1.82) is 0 Å². The van der Waals surface area contributed by atoms with Crippen LogP contribution in [0, 0.1) is 12.3 Å². The number of carbonyl (C=O) groups is 1. The highest BCUT2D eigenvalue weighted by Crippen LogP contribution is 2.47. The third kappa shape index (κ3) is 2.66. The van der Waals surface area contributed by atoms with Crippen LogP contribution in [0.2, 0.25) is 0 Å². The van der Waals surface area contributed by atoms with E-state index in [1.165, 1.54) is 11.6 Å². The van der Waals surface area contributed by atoms with Crippen molar-refractivity contribution < 1.29 is 4.79 Å². The number of allylic oxidation sites excluding steroid dienone is 2. The van der Waals surface area contributed by atoms with E-state index in [0.717, 1.165) is 21.4 Å². The highest BCUT2D eigenvalue weighted by atomic mass is 16.2. The molecule has 6 heteroatoms. The number of hydrogen-bond acceptors (Lipinski definition) is 4. The van der Waals surface area contributed by atoms with E-state index in [0.29, 0.717) is 29.8 Å². The standard InChI is InChI=1S/C22H25N3O3/c1-12-6-8-13(9-7-12)16-17-14(10-22(2,3)11-15(17)26)23-19-18(16)20(27)25(5)21(28)24(19)4/h6-9,16,23H,10-11H2,1-5H3/t16-/m0/s1. The summed E-state index contributed by atoms with van der Waals surface area (Å²) in [5, 5.41) is 3.28. The topological polar surface area (TPSA) is 73.1 Å². The lowest BCUT2D eigenvalue weighted by Crippen LogP contribution is -2.45. The van der Waals surface area contributed by atoms with Gasteiger partial charge in [0.1, 0.15) is 5.82 Å². The number of Topliss-reactive ketones (excluding diaryl/α,β-unsaturated/α-hetero) is 1. The second-order valence-corrected chi connectivity index (χ2v) is 8.77. The van der Waals surface area contributed by atoms with Crippen molar-refractivity contribution in [2.45, 2.75) is 39.5 Å². The molecule has 1 aromatic carbocycles. The normalized spacial score (nSPS) is 20.5. The number of hydrogen-bond donors (Lipinski definition) is 1. The smallest absolute Gasteiger partial charge is 0.332 e. The Bertz CT molecular complexity index is 1150. The Hall–Kier alpha value is -2.89. The maximum absolute atomic E-state index is 13.2. The number of rotatable bonds is 1.